The maximum Gasteiger partial charge on any atom is 0.253 e. The standard InChI is InChI=1S/C20H20N4O2/c1-23(2)20(26)16-8-10-17(11-9-16)22-19(25)12-15-13-21-24(14-15)18-6-4-3-5-7-18/h3-11,13-14H,12H2,1-2H3,(H,22,25). The first-order valence-electron chi connectivity index (χ1n) is 8.23. The second kappa shape index (κ2) is 7.65. The van der Waals surface area contributed by atoms with Crippen LogP contribution in [0.4, 0.5) is 5.69 Å². The summed E-state index contributed by atoms with van der Waals surface area (Å²) in [6.07, 6.45) is 3.75. The third-order valence-corrected chi connectivity index (χ3v) is 3.84. The molecule has 6 nitrogen and oxygen atoms in total. The quantitative estimate of drug-likeness (QED) is 0.771. The average Bonchev–Trinajstić information content (AvgIpc) is 3.10. The molecule has 0 aliphatic heterocycles. The molecule has 0 atom stereocenters. The maximum absolute atomic E-state index is 12.2. The number of hydrogen-bond donors (Lipinski definition) is 1. The van der Waals surface area contributed by atoms with E-state index in [0.29, 0.717) is 11.3 Å². The van der Waals surface area contributed by atoms with E-state index in [1.165, 1.54) is 4.90 Å². The number of benzene rings is 2. The number of hydrogen-bond acceptors (Lipinski definition) is 3. The summed E-state index contributed by atoms with van der Waals surface area (Å²) in [5.41, 5.74) is 3.00. The minimum absolute atomic E-state index is 0.0730. The Hall–Kier alpha value is -3.41. The normalized spacial score (nSPS) is 10.4. The van der Waals surface area contributed by atoms with E-state index in [4.69, 9.17) is 0 Å². The van der Waals surface area contributed by atoms with E-state index in [9.17, 15) is 9.59 Å². The lowest BCUT2D eigenvalue weighted by atomic mass is 10.2. The van der Waals surface area contributed by atoms with Crippen molar-refractivity contribution >= 4 is 17.5 Å². The smallest absolute Gasteiger partial charge is 0.253 e. The molecule has 3 rings (SSSR count). The van der Waals surface area contributed by atoms with Crippen LogP contribution < -0.4 is 5.32 Å². The predicted octanol–water partition coefficient (Wildman–Crippen LogP) is 2.76. The molecule has 132 valence electrons. The van der Waals surface area contributed by atoms with Crippen molar-refractivity contribution in [3.8, 4) is 5.69 Å². The monoisotopic (exact) mass is 348 g/mol. The van der Waals surface area contributed by atoms with E-state index < -0.39 is 0 Å². The van der Waals surface area contributed by atoms with Crippen LogP contribution in [0.1, 0.15) is 15.9 Å². The van der Waals surface area contributed by atoms with E-state index >= 15 is 0 Å². The van der Waals surface area contributed by atoms with E-state index in [1.807, 2.05) is 36.5 Å². The van der Waals surface area contributed by atoms with Gasteiger partial charge in [0.2, 0.25) is 5.91 Å². The Morgan fingerprint density at radius 1 is 1.04 bits per heavy atom. The summed E-state index contributed by atoms with van der Waals surface area (Å²) in [6, 6.07) is 16.6. The van der Waals surface area contributed by atoms with Gasteiger partial charge < -0.3 is 10.2 Å². The summed E-state index contributed by atoms with van der Waals surface area (Å²) in [5.74, 6) is -0.208. The number of amides is 2. The van der Waals surface area contributed by atoms with E-state index in [2.05, 4.69) is 10.4 Å². The van der Waals surface area contributed by atoms with Gasteiger partial charge in [0.05, 0.1) is 18.3 Å². The van der Waals surface area contributed by atoms with Crippen LogP contribution in [-0.4, -0.2) is 40.6 Å². The highest BCUT2D eigenvalue weighted by Crippen LogP contribution is 2.12. The van der Waals surface area contributed by atoms with Crippen molar-refractivity contribution in [3.05, 3.63) is 78.1 Å². The number of nitrogens with one attached hydrogen (secondary N) is 1. The number of carbonyl (C=O) groups excluding carboxylic acids is 2. The molecule has 2 aromatic carbocycles. The largest absolute Gasteiger partial charge is 0.345 e. The van der Waals surface area contributed by atoms with Crippen LogP contribution >= 0.6 is 0 Å². The SMILES string of the molecule is CN(C)C(=O)c1ccc(NC(=O)Cc2cnn(-c3ccccc3)c2)cc1. The Kier molecular flexibility index (Phi) is 5.12. The molecule has 0 aliphatic rings. The zero-order chi connectivity index (χ0) is 18.5. The lowest BCUT2D eigenvalue weighted by Crippen LogP contribution is -2.21. The zero-order valence-corrected chi connectivity index (χ0v) is 14.7. The van der Waals surface area contributed by atoms with Gasteiger partial charge in [-0.1, -0.05) is 18.2 Å². The second-order valence-corrected chi connectivity index (χ2v) is 6.13. The van der Waals surface area contributed by atoms with Gasteiger partial charge in [0.15, 0.2) is 0 Å². The van der Waals surface area contributed by atoms with Gasteiger partial charge in [-0.3, -0.25) is 9.59 Å². The summed E-state index contributed by atoms with van der Waals surface area (Å²) in [5, 5.41) is 7.12. The topological polar surface area (TPSA) is 67.2 Å². The Morgan fingerprint density at radius 3 is 2.38 bits per heavy atom. The molecule has 3 aromatic rings. The van der Waals surface area contributed by atoms with Gasteiger partial charge >= 0.3 is 0 Å². The maximum atomic E-state index is 12.2. The van der Waals surface area contributed by atoms with E-state index in [-0.39, 0.29) is 18.2 Å². The number of nitrogens with zero attached hydrogens (tertiary/aromatic N) is 3. The third-order valence-electron chi connectivity index (χ3n) is 3.84. The second-order valence-electron chi connectivity index (χ2n) is 6.13. The molecule has 26 heavy (non-hydrogen) atoms. The highest BCUT2D eigenvalue weighted by molar-refractivity contribution is 5.95. The highest BCUT2D eigenvalue weighted by atomic mass is 16.2. The molecule has 0 spiro atoms. The Bertz CT molecular complexity index is 899. The van der Waals surface area contributed by atoms with E-state index in [1.54, 1.807) is 49.2 Å². The van der Waals surface area contributed by atoms with Crippen molar-refractivity contribution < 1.29 is 9.59 Å². The fourth-order valence-corrected chi connectivity index (χ4v) is 2.52. The molecule has 0 fully saturated rings. The van der Waals surface area contributed by atoms with Crippen molar-refractivity contribution in [3.63, 3.8) is 0 Å². The molecular formula is C20H20N4O2. The van der Waals surface area contributed by atoms with Crippen LogP contribution in [0.3, 0.4) is 0 Å². The summed E-state index contributed by atoms with van der Waals surface area (Å²) in [4.78, 5) is 25.6. The Morgan fingerprint density at radius 2 is 1.73 bits per heavy atom. The van der Waals surface area contributed by atoms with Gasteiger partial charge in [-0.2, -0.15) is 5.10 Å². The van der Waals surface area contributed by atoms with Crippen LogP contribution in [-0.2, 0) is 11.2 Å². The van der Waals surface area contributed by atoms with Gasteiger partial charge in [0.1, 0.15) is 0 Å². The van der Waals surface area contributed by atoms with E-state index in [0.717, 1.165) is 11.3 Å². The number of rotatable bonds is 5. The molecule has 1 aromatic heterocycles. The molecular weight excluding hydrogens is 328 g/mol. The summed E-state index contributed by atoms with van der Waals surface area (Å²) >= 11 is 0. The Labute approximate surface area is 152 Å². The molecule has 0 aliphatic carbocycles. The van der Waals surface area contributed by atoms with Crippen molar-refractivity contribution in [2.45, 2.75) is 6.42 Å². The fourth-order valence-electron chi connectivity index (χ4n) is 2.52. The first kappa shape index (κ1) is 17.4. The van der Waals surface area contributed by atoms with Crippen LogP contribution in [0.25, 0.3) is 5.69 Å². The predicted molar refractivity (Wildman–Crippen MR) is 100 cm³/mol. The summed E-state index contributed by atoms with van der Waals surface area (Å²) < 4.78 is 1.74. The van der Waals surface area contributed by atoms with Gasteiger partial charge in [0, 0.05) is 31.5 Å². The van der Waals surface area contributed by atoms with Gasteiger partial charge in [-0.05, 0) is 42.0 Å². The number of anilines is 1. The van der Waals surface area contributed by atoms with Crippen LogP contribution in [0, 0.1) is 0 Å². The molecule has 0 radical (unpaired) electrons. The van der Waals surface area contributed by atoms with Crippen LogP contribution in [0.15, 0.2) is 67.0 Å². The first-order chi connectivity index (χ1) is 12.5. The van der Waals surface area contributed by atoms with Gasteiger partial charge in [-0.15, -0.1) is 0 Å². The summed E-state index contributed by atoms with van der Waals surface area (Å²) in [7, 11) is 3.40. The zero-order valence-electron chi connectivity index (χ0n) is 14.7. The highest BCUT2D eigenvalue weighted by Gasteiger charge is 2.10. The van der Waals surface area contributed by atoms with Crippen molar-refractivity contribution in [2.75, 3.05) is 19.4 Å². The van der Waals surface area contributed by atoms with Crippen LogP contribution in [0.5, 0.6) is 0 Å². The molecule has 1 heterocycles. The molecule has 1 N–H and O–H groups in total. The third kappa shape index (κ3) is 4.16. The summed E-state index contributed by atoms with van der Waals surface area (Å²) in [6.45, 7) is 0. The Balaban J connectivity index is 1.61. The molecule has 0 saturated heterocycles. The minimum Gasteiger partial charge on any atom is -0.345 e. The molecule has 6 heteroatoms. The molecule has 2 amide bonds. The molecule has 0 bridgehead atoms. The molecule has 0 saturated carbocycles. The van der Waals surface area contributed by atoms with Crippen LogP contribution in [0.2, 0.25) is 0 Å². The number of carbonyl (C=O) groups is 2. The van der Waals surface area contributed by atoms with Crippen molar-refractivity contribution in [2.24, 2.45) is 0 Å². The lowest BCUT2D eigenvalue weighted by Gasteiger charge is -2.10. The molecule has 0 unspecified atom stereocenters. The average molecular weight is 348 g/mol. The van der Waals surface area contributed by atoms with Crippen molar-refractivity contribution in [1.29, 1.82) is 0 Å². The van der Waals surface area contributed by atoms with Gasteiger partial charge in [-0.25, -0.2) is 4.68 Å². The fraction of sp³-hybridized carbons (Fsp3) is 0.150. The van der Waals surface area contributed by atoms with Crippen molar-refractivity contribution in [1.82, 2.24) is 14.7 Å². The number of aromatic nitrogens is 2. The first-order valence-corrected chi connectivity index (χ1v) is 8.23. The number of para-hydroxylation sites is 1. The van der Waals surface area contributed by atoms with Gasteiger partial charge in [0.25, 0.3) is 5.91 Å². The minimum atomic E-state index is -0.135. The lowest BCUT2D eigenvalue weighted by molar-refractivity contribution is -0.115.